The monoisotopic (exact) mass is 327 g/mol. The zero-order valence-electron chi connectivity index (χ0n) is 7.30. The first kappa shape index (κ1) is 13.5. The Hall–Kier alpha value is 0.500. The number of hydrogen-bond acceptors (Lipinski definition) is 2. The van der Waals surface area contributed by atoms with Gasteiger partial charge in [-0.3, -0.25) is 0 Å². The Balaban J connectivity index is 4.41. The molecule has 0 saturated heterocycles. The molecule has 0 rings (SSSR count). The van der Waals surface area contributed by atoms with Crippen LogP contribution in [0.2, 0.25) is 0 Å². The molecule has 80 valence electrons. The SMILES string of the molecule is CC(C)C(CI)NS(=O)(=O)C(F)F. The van der Waals surface area contributed by atoms with E-state index >= 15 is 0 Å². The second-order valence-corrected chi connectivity index (χ2v) is 5.49. The summed E-state index contributed by atoms with van der Waals surface area (Å²) in [6, 6.07) is -0.431. The van der Waals surface area contributed by atoms with Gasteiger partial charge in [-0.2, -0.15) is 8.78 Å². The average molecular weight is 327 g/mol. The third kappa shape index (κ3) is 4.50. The zero-order chi connectivity index (χ0) is 10.6. The molecular formula is C6H12F2INO2S. The van der Waals surface area contributed by atoms with Crippen LogP contribution in [0.4, 0.5) is 8.78 Å². The summed E-state index contributed by atoms with van der Waals surface area (Å²) in [7, 11) is -4.44. The predicted molar refractivity (Wildman–Crippen MR) is 55.6 cm³/mol. The van der Waals surface area contributed by atoms with Gasteiger partial charge >= 0.3 is 5.76 Å². The van der Waals surface area contributed by atoms with Crippen molar-refractivity contribution in [3.8, 4) is 0 Å². The summed E-state index contributed by atoms with van der Waals surface area (Å²) in [5.41, 5.74) is 0. The van der Waals surface area contributed by atoms with Crippen molar-refractivity contribution in [2.24, 2.45) is 5.92 Å². The van der Waals surface area contributed by atoms with E-state index in [1.807, 2.05) is 27.3 Å². The molecule has 13 heavy (non-hydrogen) atoms. The van der Waals surface area contributed by atoms with Crippen molar-refractivity contribution in [2.45, 2.75) is 25.6 Å². The van der Waals surface area contributed by atoms with Crippen LogP contribution in [0.25, 0.3) is 0 Å². The lowest BCUT2D eigenvalue weighted by Crippen LogP contribution is -2.42. The smallest absolute Gasteiger partial charge is 0.206 e. The molecule has 3 nitrogen and oxygen atoms in total. The van der Waals surface area contributed by atoms with Gasteiger partial charge in [-0.1, -0.05) is 36.4 Å². The van der Waals surface area contributed by atoms with E-state index in [0.717, 1.165) is 0 Å². The molecular weight excluding hydrogens is 315 g/mol. The number of hydrogen-bond donors (Lipinski definition) is 1. The van der Waals surface area contributed by atoms with Gasteiger partial charge in [0.2, 0.25) is 0 Å². The van der Waals surface area contributed by atoms with Gasteiger partial charge in [0.1, 0.15) is 0 Å². The summed E-state index contributed by atoms with van der Waals surface area (Å²) < 4.78 is 47.7. The van der Waals surface area contributed by atoms with Crippen molar-refractivity contribution in [3.05, 3.63) is 0 Å². The van der Waals surface area contributed by atoms with Crippen LogP contribution in [0.15, 0.2) is 0 Å². The highest BCUT2D eigenvalue weighted by atomic mass is 127. The van der Waals surface area contributed by atoms with Gasteiger partial charge in [-0.25, -0.2) is 13.1 Å². The van der Waals surface area contributed by atoms with Gasteiger partial charge in [0.15, 0.2) is 0 Å². The molecule has 0 fully saturated rings. The Morgan fingerprint density at radius 1 is 1.38 bits per heavy atom. The van der Waals surface area contributed by atoms with Gasteiger partial charge < -0.3 is 0 Å². The van der Waals surface area contributed by atoms with Crippen molar-refractivity contribution in [3.63, 3.8) is 0 Å². The highest BCUT2D eigenvalue weighted by Crippen LogP contribution is 2.10. The molecule has 0 bridgehead atoms. The first-order valence-electron chi connectivity index (χ1n) is 3.66. The predicted octanol–water partition coefficient (Wildman–Crippen LogP) is 1.59. The molecule has 1 atom stereocenters. The molecule has 1 unspecified atom stereocenters. The van der Waals surface area contributed by atoms with Crippen molar-refractivity contribution >= 4 is 32.6 Å². The lowest BCUT2D eigenvalue weighted by Gasteiger charge is -2.19. The summed E-state index contributed by atoms with van der Waals surface area (Å²) in [6.07, 6.45) is 0. The number of alkyl halides is 3. The number of halogens is 3. The minimum absolute atomic E-state index is 0.00502. The van der Waals surface area contributed by atoms with Crippen LogP contribution in [0.1, 0.15) is 13.8 Å². The van der Waals surface area contributed by atoms with E-state index in [1.165, 1.54) is 0 Å². The Labute approximate surface area is 90.5 Å². The van der Waals surface area contributed by atoms with Crippen molar-refractivity contribution in [2.75, 3.05) is 4.43 Å². The van der Waals surface area contributed by atoms with Crippen molar-refractivity contribution in [1.29, 1.82) is 0 Å². The molecule has 1 N–H and O–H groups in total. The van der Waals surface area contributed by atoms with Crippen LogP contribution in [0, 0.1) is 5.92 Å². The lowest BCUT2D eigenvalue weighted by molar-refractivity contribution is 0.230. The molecule has 0 aliphatic heterocycles. The van der Waals surface area contributed by atoms with Crippen LogP contribution in [-0.4, -0.2) is 24.6 Å². The quantitative estimate of drug-likeness (QED) is 0.616. The fourth-order valence-electron chi connectivity index (χ4n) is 0.608. The number of rotatable bonds is 5. The standard InChI is InChI=1S/C6H12F2INO2S/c1-4(2)5(3-9)10-13(11,12)6(7)8/h4-6,10H,3H2,1-2H3. The summed E-state index contributed by atoms with van der Waals surface area (Å²) in [6.45, 7) is 3.55. The third-order valence-corrected chi connectivity index (χ3v) is 3.57. The lowest BCUT2D eigenvalue weighted by atomic mass is 10.1. The van der Waals surface area contributed by atoms with E-state index < -0.39 is 21.8 Å². The Bertz CT molecular complexity index is 243. The van der Waals surface area contributed by atoms with E-state index in [-0.39, 0.29) is 5.92 Å². The van der Waals surface area contributed by atoms with Crippen LogP contribution in [-0.2, 0) is 10.0 Å². The Kier molecular flexibility index (Phi) is 5.61. The van der Waals surface area contributed by atoms with Crippen LogP contribution in [0.5, 0.6) is 0 Å². The number of nitrogens with one attached hydrogen (secondary N) is 1. The van der Waals surface area contributed by atoms with Crippen molar-refractivity contribution < 1.29 is 17.2 Å². The molecule has 0 amide bonds. The molecule has 0 saturated carbocycles. The Morgan fingerprint density at radius 3 is 2.08 bits per heavy atom. The van der Waals surface area contributed by atoms with Gasteiger partial charge in [0, 0.05) is 10.5 Å². The molecule has 0 radical (unpaired) electrons. The third-order valence-electron chi connectivity index (χ3n) is 1.52. The maximum absolute atomic E-state index is 11.9. The first-order chi connectivity index (χ1) is 5.81. The highest BCUT2D eigenvalue weighted by molar-refractivity contribution is 14.1. The molecule has 0 aliphatic rings. The van der Waals surface area contributed by atoms with E-state index in [9.17, 15) is 17.2 Å². The fourth-order valence-corrected chi connectivity index (χ4v) is 3.02. The van der Waals surface area contributed by atoms with E-state index in [0.29, 0.717) is 4.43 Å². The molecule has 0 spiro atoms. The minimum atomic E-state index is -4.44. The molecule has 7 heteroatoms. The average Bonchev–Trinajstić information content (AvgIpc) is 1.99. The number of sulfonamides is 1. The van der Waals surface area contributed by atoms with Crippen LogP contribution < -0.4 is 4.72 Å². The van der Waals surface area contributed by atoms with Gasteiger partial charge in [-0.15, -0.1) is 0 Å². The zero-order valence-corrected chi connectivity index (χ0v) is 10.3. The first-order valence-corrected chi connectivity index (χ1v) is 6.73. The van der Waals surface area contributed by atoms with Gasteiger partial charge in [0.25, 0.3) is 10.0 Å². The molecule has 0 aromatic rings. The fraction of sp³-hybridized carbons (Fsp3) is 1.00. The molecule has 0 heterocycles. The molecule has 0 aromatic carbocycles. The topological polar surface area (TPSA) is 46.2 Å². The van der Waals surface area contributed by atoms with E-state index in [4.69, 9.17) is 0 Å². The maximum Gasteiger partial charge on any atom is 0.350 e. The maximum atomic E-state index is 11.9. The van der Waals surface area contributed by atoms with Gasteiger partial charge in [0.05, 0.1) is 0 Å². The van der Waals surface area contributed by atoms with E-state index in [2.05, 4.69) is 0 Å². The summed E-state index contributed by atoms with van der Waals surface area (Å²) >= 11 is 1.96. The largest absolute Gasteiger partial charge is 0.350 e. The van der Waals surface area contributed by atoms with Crippen LogP contribution >= 0.6 is 22.6 Å². The highest BCUT2D eigenvalue weighted by Gasteiger charge is 2.27. The van der Waals surface area contributed by atoms with Crippen LogP contribution in [0.3, 0.4) is 0 Å². The summed E-state index contributed by atoms with van der Waals surface area (Å²) in [5, 5.41) is 0. The van der Waals surface area contributed by atoms with Gasteiger partial charge in [-0.05, 0) is 5.92 Å². The van der Waals surface area contributed by atoms with Crippen molar-refractivity contribution in [1.82, 2.24) is 4.72 Å². The second kappa shape index (κ2) is 5.40. The second-order valence-electron chi connectivity index (χ2n) is 2.93. The molecule has 0 aromatic heterocycles. The summed E-state index contributed by atoms with van der Waals surface area (Å²) in [5.74, 6) is -3.35. The van der Waals surface area contributed by atoms with E-state index in [1.54, 1.807) is 13.8 Å². The Morgan fingerprint density at radius 2 is 1.85 bits per heavy atom. The summed E-state index contributed by atoms with van der Waals surface area (Å²) in [4.78, 5) is 0. The normalized spacial score (nSPS) is 15.3. The minimum Gasteiger partial charge on any atom is -0.206 e. The molecule has 0 aliphatic carbocycles.